The summed E-state index contributed by atoms with van der Waals surface area (Å²) in [4.78, 5) is 18.4. The fraction of sp³-hybridized carbons (Fsp3) is 0.684. The van der Waals surface area contributed by atoms with Crippen molar-refractivity contribution < 1.29 is 9.53 Å². The topological polar surface area (TPSA) is 54.5 Å². The second kappa shape index (κ2) is 9.43. The molecule has 6 heteroatoms. The lowest BCUT2D eigenvalue weighted by atomic mass is 10.2. The van der Waals surface area contributed by atoms with E-state index in [0.29, 0.717) is 19.1 Å². The van der Waals surface area contributed by atoms with Gasteiger partial charge in [0.2, 0.25) is 0 Å². The van der Waals surface area contributed by atoms with Crippen LogP contribution in [-0.2, 0) is 11.3 Å². The summed E-state index contributed by atoms with van der Waals surface area (Å²) in [6, 6.07) is 4.48. The van der Waals surface area contributed by atoms with Crippen LogP contribution in [0.5, 0.6) is 0 Å². The number of hydrogen-bond acceptors (Lipinski definition) is 5. The summed E-state index contributed by atoms with van der Waals surface area (Å²) in [5.41, 5.74) is 0.530. The Labute approximate surface area is 155 Å². The van der Waals surface area contributed by atoms with E-state index in [2.05, 4.69) is 17.2 Å². The van der Waals surface area contributed by atoms with Crippen molar-refractivity contribution in [3.63, 3.8) is 0 Å². The van der Waals surface area contributed by atoms with E-state index in [1.807, 2.05) is 44.7 Å². The molecule has 2 atom stereocenters. The number of ether oxygens (including phenoxy) is 1. The van der Waals surface area contributed by atoms with E-state index in [0.717, 1.165) is 23.8 Å². The van der Waals surface area contributed by atoms with Crippen LogP contribution in [0.25, 0.3) is 0 Å². The largest absolute Gasteiger partial charge is 0.444 e. The van der Waals surface area contributed by atoms with Crippen LogP contribution in [0.15, 0.2) is 24.5 Å². The molecule has 1 aromatic heterocycles. The molecule has 0 spiro atoms. The summed E-state index contributed by atoms with van der Waals surface area (Å²) in [7, 11) is 0. The van der Waals surface area contributed by atoms with Crippen LogP contribution in [0.2, 0.25) is 0 Å². The number of rotatable bonds is 7. The minimum absolute atomic E-state index is 0.263. The second-order valence-corrected chi connectivity index (χ2v) is 9.12. The smallest absolute Gasteiger partial charge is 0.410 e. The first-order valence-corrected chi connectivity index (χ1v) is 10.1. The molecule has 0 aromatic carbocycles. The van der Waals surface area contributed by atoms with Gasteiger partial charge in [-0.15, -0.1) is 0 Å². The monoisotopic (exact) mass is 365 g/mol. The van der Waals surface area contributed by atoms with E-state index in [9.17, 15) is 4.79 Å². The fourth-order valence-corrected chi connectivity index (χ4v) is 3.99. The van der Waals surface area contributed by atoms with E-state index >= 15 is 0 Å². The minimum Gasteiger partial charge on any atom is -0.444 e. The van der Waals surface area contributed by atoms with Crippen molar-refractivity contribution >= 4 is 17.9 Å². The van der Waals surface area contributed by atoms with Crippen molar-refractivity contribution in [3.05, 3.63) is 30.1 Å². The Hall–Kier alpha value is -1.27. The van der Waals surface area contributed by atoms with Gasteiger partial charge in [-0.05, 0) is 51.8 Å². The molecule has 0 bridgehead atoms. The molecule has 2 unspecified atom stereocenters. The van der Waals surface area contributed by atoms with Crippen LogP contribution in [0.1, 0.15) is 46.1 Å². The molecule has 1 N–H and O–H groups in total. The summed E-state index contributed by atoms with van der Waals surface area (Å²) >= 11 is 2.03. The number of carbonyl (C=O) groups excluding carboxylic acids is 1. The quantitative estimate of drug-likeness (QED) is 0.747. The number of carbonyl (C=O) groups is 1. The predicted molar refractivity (Wildman–Crippen MR) is 104 cm³/mol. The summed E-state index contributed by atoms with van der Waals surface area (Å²) in [5, 5.41) is 4.36. The summed E-state index contributed by atoms with van der Waals surface area (Å²) < 4.78 is 5.56. The van der Waals surface area contributed by atoms with Crippen LogP contribution < -0.4 is 5.32 Å². The first-order valence-electron chi connectivity index (χ1n) is 9.05. The van der Waals surface area contributed by atoms with Crippen LogP contribution in [-0.4, -0.2) is 51.7 Å². The zero-order valence-corrected chi connectivity index (χ0v) is 16.6. The average Bonchev–Trinajstić information content (AvgIpc) is 2.95. The third kappa shape index (κ3) is 7.65. The number of aromatic nitrogens is 1. The van der Waals surface area contributed by atoms with E-state index in [1.54, 1.807) is 17.3 Å². The van der Waals surface area contributed by atoms with Gasteiger partial charge in [0.15, 0.2) is 0 Å². The molecule has 1 saturated heterocycles. The molecular formula is C19H31N3O2S. The molecular weight excluding hydrogens is 334 g/mol. The Bertz CT molecular complexity index is 533. The van der Waals surface area contributed by atoms with Gasteiger partial charge in [-0.25, -0.2) is 4.79 Å². The van der Waals surface area contributed by atoms with E-state index in [1.165, 1.54) is 12.2 Å². The number of hydrogen-bond donors (Lipinski definition) is 1. The van der Waals surface area contributed by atoms with Crippen LogP contribution in [0, 0.1) is 0 Å². The van der Waals surface area contributed by atoms with Gasteiger partial charge in [0, 0.05) is 36.0 Å². The van der Waals surface area contributed by atoms with Crippen molar-refractivity contribution in [1.82, 2.24) is 15.2 Å². The van der Waals surface area contributed by atoms with Crippen molar-refractivity contribution in [1.29, 1.82) is 0 Å². The van der Waals surface area contributed by atoms with Gasteiger partial charge < -0.3 is 15.0 Å². The van der Waals surface area contributed by atoms with Gasteiger partial charge in [0.05, 0.1) is 6.54 Å². The molecule has 2 rings (SSSR count). The highest BCUT2D eigenvalue weighted by Crippen LogP contribution is 2.25. The SMILES string of the molecule is CC1CC(NCCCN(Cc2cccnc2)C(=O)OC(C)(C)C)CS1. The minimum atomic E-state index is -0.486. The lowest BCUT2D eigenvalue weighted by Crippen LogP contribution is -2.38. The highest BCUT2D eigenvalue weighted by molar-refractivity contribution is 8.00. The zero-order chi connectivity index (χ0) is 18.3. The lowest BCUT2D eigenvalue weighted by Gasteiger charge is -2.27. The molecule has 25 heavy (non-hydrogen) atoms. The normalized spacial score (nSPS) is 20.5. The van der Waals surface area contributed by atoms with Gasteiger partial charge >= 0.3 is 6.09 Å². The van der Waals surface area contributed by atoms with Gasteiger partial charge in [-0.2, -0.15) is 11.8 Å². The molecule has 1 fully saturated rings. The molecule has 1 amide bonds. The Balaban J connectivity index is 1.84. The number of amides is 1. The first kappa shape index (κ1) is 20.0. The molecule has 1 aromatic rings. The second-order valence-electron chi connectivity index (χ2n) is 7.65. The molecule has 1 aliphatic heterocycles. The average molecular weight is 366 g/mol. The summed E-state index contributed by atoms with van der Waals surface area (Å²) in [6.45, 7) is 10.1. The molecule has 5 nitrogen and oxygen atoms in total. The van der Waals surface area contributed by atoms with Crippen LogP contribution >= 0.6 is 11.8 Å². The zero-order valence-electron chi connectivity index (χ0n) is 15.8. The molecule has 0 saturated carbocycles. The van der Waals surface area contributed by atoms with Crippen molar-refractivity contribution in [3.8, 4) is 0 Å². The van der Waals surface area contributed by atoms with Crippen LogP contribution in [0.3, 0.4) is 0 Å². The van der Waals surface area contributed by atoms with Gasteiger partial charge in [-0.1, -0.05) is 13.0 Å². The third-order valence-electron chi connectivity index (χ3n) is 3.98. The fourth-order valence-electron chi connectivity index (χ4n) is 2.81. The lowest BCUT2D eigenvalue weighted by molar-refractivity contribution is 0.0231. The van der Waals surface area contributed by atoms with Gasteiger partial charge in [0.25, 0.3) is 0 Å². The third-order valence-corrected chi connectivity index (χ3v) is 5.34. The molecule has 1 aliphatic rings. The maximum absolute atomic E-state index is 12.5. The number of thioether (sulfide) groups is 1. The Morgan fingerprint density at radius 2 is 2.28 bits per heavy atom. The molecule has 0 radical (unpaired) electrons. The van der Waals surface area contributed by atoms with E-state index < -0.39 is 5.60 Å². The highest BCUT2D eigenvalue weighted by atomic mass is 32.2. The molecule has 2 heterocycles. The summed E-state index contributed by atoms with van der Waals surface area (Å²) in [6.07, 6.45) is 5.42. The van der Waals surface area contributed by atoms with Gasteiger partial charge in [-0.3, -0.25) is 4.98 Å². The van der Waals surface area contributed by atoms with Crippen molar-refractivity contribution in [2.75, 3.05) is 18.8 Å². The Kier molecular flexibility index (Phi) is 7.56. The maximum Gasteiger partial charge on any atom is 0.410 e. The van der Waals surface area contributed by atoms with Crippen LogP contribution in [0.4, 0.5) is 4.79 Å². The van der Waals surface area contributed by atoms with Gasteiger partial charge in [0.1, 0.15) is 5.60 Å². The number of nitrogens with one attached hydrogen (secondary N) is 1. The standard InChI is InChI=1S/C19H31N3O2S/c1-15-11-17(14-25-15)21-9-6-10-22(18(23)24-19(2,3)4)13-16-7-5-8-20-12-16/h5,7-8,12,15,17,21H,6,9-11,13-14H2,1-4H3. The van der Waals surface area contributed by atoms with E-state index in [4.69, 9.17) is 4.74 Å². The molecule has 0 aliphatic carbocycles. The Morgan fingerprint density at radius 1 is 1.48 bits per heavy atom. The highest BCUT2D eigenvalue weighted by Gasteiger charge is 2.23. The number of nitrogens with zero attached hydrogens (tertiary/aromatic N) is 2. The number of pyridine rings is 1. The molecule has 140 valence electrons. The van der Waals surface area contributed by atoms with Crippen molar-refractivity contribution in [2.45, 2.75) is 64.0 Å². The Morgan fingerprint density at radius 3 is 2.88 bits per heavy atom. The first-order chi connectivity index (χ1) is 11.8. The summed E-state index contributed by atoms with van der Waals surface area (Å²) in [5.74, 6) is 1.19. The van der Waals surface area contributed by atoms with Crippen molar-refractivity contribution in [2.24, 2.45) is 0 Å². The van der Waals surface area contributed by atoms with E-state index in [-0.39, 0.29) is 6.09 Å². The maximum atomic E-state index is 12.5. The predicted octanol–water partition coefficient (Wildman–Crippen LogP) is 3.69.